The van der Waals surface area contributed by atoms with Crippen molar-refractivity contribution in [3.05, 3.63) is 38.7 Å². The van der Waals surface area contributed by atoms with Crippen molar-refractivity contribution in [2.45, 2.75) is 26.4 Å². The minimum Gasteiger partial charge on any atom is -0.325 e. The third kappa shape index (κ3) is 3.41. The average molecular weight is 280 g/mol. The summed E-state index contributed by atoms with van der Waals surface area (Å²) in [6, 6.07) is 6.47. The quantitative estimate of drug-likeness (QED) is 0.878. The summed E-state index contributed by atoms with van der Waals surface area (Å²) in [4.78, 5) is 13.6. The number of nitrogens with one attached hydrogen (secondary N) is 2. The highest BCUT2D eigenvalue weighted by atomic mass is 32.1. The Balaban J connectivity index is 1.94. The standard InChI is InChI=1S/C13H16N2OS2/c1-9(12-4-3-6-17-12)14-8-13-11(5-7-18-13)15-10(2)16/h3-7,9,14H,8H2,1-2H3,(H,15,16). The van der Waals surface area contributed by atoms with Gasteiger partial charge < -0.3 is 10.6 Å². The Labute approximate surface area is 115 Å². The number of amides is 1. The minimum atomic E-state index is -0.0269. The second-order valence-electron chi connectivity index (χ2n) is 4.06. The van der Waals surface area contributed by atoms with Crippen molar-refractivity contribution in [2.24, 2.45) is 0 Å². The van der Waals surface area contributed by atoms with Crippen LogP contribution in [0.1, 0.15) is 29.6 Å². The van der Waals surface area contributed by atoms with Crippen molar-refractivity contribution in [3.8, 4) is 0 Å². The molecule has 0 aliphatic heterocycles. The van der Waals surface area contributed by atoms with E-state index >= 15 is 0 Å². The number of thiophene rings is 2. The molecule has 2 rings (SSSR count). The van der Waals surface area contributed by atoms with E-state index in [1.54, 1.807) is 22.7 Å². The Morgan fingerprint density at radius 1 is 1.33 bits per heavy atom. The molecule has 5 heteroatoms. The van der Waals surface area contributed by atoms with Gasteiger partial charge in [0.05, 0.1) is 5.69 Å². The van der Waals surface area contributed by atoms with Crippen LogP contribution in [0, 0.1) is 0 Å². The smallest absolute Gasteiger partial charge is 0.221 e. The highest BCUT2D eigenvalue weighted by molar-refractivity contribution is 7.10. The van der Waals surface area contributed by atoms with Crippen molar-refractivity contribution in [2.75, 3.05) is 5.32 Å². The Kier molecular flexibility index (Phi) is 4.52. The van der Waals surface area contributed by atoms with Gasteiger partial charge in [-0.05, 0) is 29.8 Å². The summed E-state index contributed by atoms with van der Waals surface area (Å²) >= 11 is 3.41. The van der Waals surface area contributed by atoms with Gasteiger partial charge >= 0.3 is 0 Å². The van der Waals surface area contributed by atoms with Gasteiger partial charge in [0, 0.05) is 29.3 Å². The van der Waals surface area contributed by atoms with Crippen LogP contribution < -0.4 is 10.6 Å². The van der Waals surface area contributed by atoms with Crippen LogP contribution in [0.2, 0.25) is 0 Å². The molecular formula is C13H16N2OS2. The van der Waals surface area contributed by atoms with Crippen LogP contribution in [0.4, 0.5) is 5.69 Å². The molecule has 2 N–H and O–H groups in total. The van der Waals surface area contributed by atoms with E-state index in [0.717, 1.165) is 17.1 Å². The van der Waals surface area contributed by atoms with E-state index in [-0.39, 0.29) is 5.91 Å². The predicted molar refractivity (Wildman–Crippen MR) is 78.2 cm³/mol. The fourth-order valence-electron chi connectivity index (χ4n) is 1.66. The summed E-state index contributed by atoms with van der Waals surface area (Å²) in [5, 5.41) is 10.4. The highest BCUT2D eigenvalue weighted by Crippen LogP contribution is 2.24. The normalized spacial score (nSPS) is 12.3. The number of anilines is 1. The highest BCUT2D eigenvalue weighted by Gasteiger charge is 2.09. The third-order valence-electron chi connectivity index (χ3n) is 2.59. The van der Waals surface area contributed by atoms with Gasteiger partial charge in [-0.2, -0.15) is 0 Å². The zero-order valence-electron chi connectivity index (χ0n) is 10.4. The number of carbonyl (C=O) groups excluding carboxylic acids is 1. The molecule has 1 amide bonds. The lowest BCUT2D eigenvalue weighted by atomic mass is 10.2. The van der Waals surface area contributed by atoms with Crippen molar-refractivity contribution >= 4 is 34.3 Å². The summed E-state index contributed by atoms with van der Waals surface area (Å²) in [6.45, 7) is 4.45. The molecule has 0 spiro atoms. The molecule has 2 aromatic heterocycles. The van der Waals surface area contributed by atoms with Crippen LogP contribution in [0.15, 0.2) is 29.0 Å². The summed E-state index contributed by atoms with van der Waals surface area (Å²) in [5.74, 6) is -0.0269. The van der Waals surface area contributed by atoms with Crippen molar-refractivity contribution in [3.63, 3.8) is 0 Å². The molecule has 0 aromatic carbocycles. The van der Waals surface area contributed by atoms with Gasteiger partial charge in [0.2, 0.25) is 5.91 Å². The molecule has 0 bridgehead atoms. The first kappa shape index (κ1) is 13.3. The minimum absolute atomic E-state index is 0.0269. The van der Waals surface area contributed by atoms with E-state index in [1.807, 2.05) is 11.4 Å². The van der Waals surface area contributed by atoms with Crippen LogP contribution in [-0.2, 0) is 11.3 Å². The van der Waals surface area contributed by atoms with E-state index in [1.165, 1.54) is 11.8 Å². The van der Waals surface area contributed by atoms with Crippen LogP contribution in [-0.4, -0.2) is 5.91 Å². The molecule has 0 radical (unpaired) electrons. The van der Waals surface area contributed by atoms with Crippen molar-refractivity contribution in [1.29, 1.82) is 0 Å². The molecule has 0 fully saturated rings. The Morgan fingerprint density at radius 3 is 2.83 bits per heavy atom. The zero-order chi connectivity index (χ0) is 13.0. The van der Waals surface area contributed by atoms with Gasteiger partial charge in [0.25, 0.3) is 0 Å². The fourth-order valence-corrected chi connectivity index (χ4v) is 3.20. The second-order valence-corrected chi connectivity index (χ2v) is 6.04. The van der Waals surface area contributed by atoms with E-state index in [0.29, 0.717) is 6.04 Å². The molecular weight excluding hydrogens is 264 g/mol. The molecule has 2 heterocycles. The maximum Gasteiger partial charge on any atom is 0.221 e. The Bertz CT molecular complexity index is 505. The van der Waals surface area contributed by atoms with Gasteiger partial charge in [-0.25, -0.2) is 0 Å². The average Bonchev–Trinajstić information content (AvgIpc) is 2.95. The molecule has 0 aliphatic carbocycles. The van der Waals surface area contributed by atoms with E-state index < -0.39 is 0 Å². The largest absolute Gasteiger partial charge is 0.325 e. The Hall–Kier alpha value is -1.17. The van der Waals surface area contributed by atoms with E-state index in [9.17, 15) is 4.79 Å². The van der Waals surface area contributed by atoms with E-state index in [4.69, 9.17) is 0 Å². The number of rotatable bonds is 5. The first-order valence-corrected chi connectivity index (χ1v) is 7.53. The summed E-state index contributed by atoms with van der Waals surface area (Å²) in [5.41, 5.74) is 0.915. The SMILES string of the molecule is CC(=O)Nc1ccsc1CNC(C)c1cccs1. The van der Waals surface area contributed by atoms with Gasteiger partial charge in [-0.3, -0.25) is 4.79 Å². The molecule has 1 unspecified atom stereocenters. The lowest BCUT2D eigenvalue weighted by Crippen LogP contribution is -2.17. The first-order valence-electron chi connectivity index (χ1n) is 5.77. The molecule has 18 heavy (non-hydrogen) atoms. The number of carbonyl (C=O) groups is 1. The molecule has 1 atom stereocenters. The summed E-state index contributed by atoms with van der Waals surface area (Å²) in [7, 11) is 0. The summed E-state index contributed by atoms with van der Waals surface area (Å²) < 4.78 is 0. The number of hydrogen-bond donors (Lipinski definition) is 2. The lowest BCUT2D eigenvalue weighted by Gasteiger charge is -2.12. The van der Waals surface area contributed by atoms with Crippen molar-refractivity contribution in [1.82, 2.24) is 5.32 Å². The maximum absolute atomic E-state index is 11.1. The molecule has 3 nitrogen and oxygen atoms in total. The summed E-state index contributed by atoms with van der Waals surface area (Å²) in [6.07, 6.45) is 0. The zero-order valence-corrected chi connectivity index (χ0v) is 12.0. The second kappa shape index (κ2) is 6.13. The van der Waals surface area contributed by atoms with Crippen LogP contribution in [0.5, 0.6) is 0 Å². The van der Waals surface area contributed by atoms with Gasteiger partial charge in [-0.1, -0.05) is 6.07 Å². The molecule has 0 saturated carbocycles. The van der Waals surface area contributed by atoms with Crippen LogP contribution in [0.25, 0.3) is 0 Å². The molecule has 0 saturated heterocycles. The fraction of sp³-hybridized carbons (Fsp3) is 0.308. The van der Waals surface area contributed by atoms with Crippen molar-refractivity contribution < 1.29 is 4.79 Å². The monoisotopic (exact) mass is 280 g/mol. The Morgan fingerprint density at radius 2 is 2.17 bits per heavy atom. The molecule has 2 aromatic rings. The topological polar surface area (TPSA) is 41.1 Å². The predicted octanol–water partition coefficient (Wildman–Crippen LogP) is 3.62. The van der Waals surface area contributed by atoms with Gasteiger partial charge in [0.1, 0.15) is 0 Å². The van der Waals surface area contributed by atoms with Gasteiger partial charge in [-0.15, -0.1) is 22.7 Å². The van der Waals surface area contributed by atoms with Crippen LogP contribution in [0.3, 0.4) is 0 Å². The molecule has 96 valence electrons. The molecule has 0 aliphatic rings. The van der Waals surface area contributed by atoms with Crippen LogP contribution >= 0.6 is 22.7 Å². The first-order chi connectivity index (χ1) is 8.66. The van der Waals surface area contributed by atoms with E-state index in [2.05, 4.69) is 35.1 Å². The maximum atomic E-state index is 11.1. The van der Waals surface area contributed by atoms with Gasteiger partial charge in [0.15, 0.2) is 0 Å². The number of hydrogen-bond acceptors (Lipinski definition) is 4. The third-order valence-corrected chi connectivity index (χ3v) is 4.57. The lowest BCUT2D eigenvalue weighted by molar-refractivity contribution is -0.114.